The molecule has 0 spiro atoms. The van der Waals surface area contributed by atoms with Crippen LogP contribution in [-0.2, 0) is 16.1 Å². The lowest BCUT2D eigenvalue weighted by Gasteiger charge is -2.06. The molecule has 0 heterocycles. The number of carbonyl (C=O) groups excluding carboxylic acids is 1. The number of unbranched alkanes of at least 4 members (excludes halogenated alkanes) is 7. The molecule has 0 N–H and O–H groups in total. The Labute approximate surface area is 128 Å². The third-order valence-corrected chi connectivity index (χ3v) is 3.42. The molecule has 1 aromatic rings. The number of hydrogen-bond donors (Lipinski definition) is 0. The van der Waals surface area contributed by atoms with Crippen LogP contribution in [-0.4, -0.2) is 12.8 Å². The van der Waals surface area contributed by atoms with Crippen LogP contribution in [0.25, 0.3) is 0 Å². The molecule has 0 radical (unpaired) electrons. The lowest BCUT2D eigenvalue weighted by Crippen LogP contribution is -2.08. The average molecular weight is 292 g/mol. The number of benzene rings is 1. The third kappa shape index (κ3) is 9.94. The fourth-order valence-electron chi connectivity index (χ4n) is 2.15. The molecule has 0 atom stereocenters. The zero-order valence-electron chi connectivity index (χ0n) is 13.2. The summed E-state index contributed by atoms with van der Waals surface area (Å²) in [7, 11) is 0. The molecule has 0 aliphatic heterocycles. The van der Waals surface area contributed by atoms with Crippen LogP contribution in [0.2, 0.25) is 0 Å². The Morgan fingerprint density at radius 1 is 0.857 bits per heavy atom. The number of ether oxygens (including phenoxy) is 2. The van der Waals surface area contributed by atoms with Gasteiger partial charge in [-0.05, 0) is 12.0 Å². The van der Waals surface area contributed by atoms with Gasteiger partial charge in [0.2, 0.25) is 0 Å². The molecule has 0 amide bonds. The number of hydrogen-bond acceptors (Lipinski definition) is 3. The summed E-state index contributed by atoms with van der Waals surface area (Å²) in [5.74, 6) is 0. The van der Waals surface area contributed by atoms with Crippen LogP contribution in [0, 0.1) is 0 Å². The zero-order chi connectivity index (χ0) is 15.2. The summed E-state index contributed by atoms with van der Waals surface area (Å²) in [4.78, 5) is 11.4. The van der Waals surface area contributed by atoms with Crippen molar-refractivity contribution in [3.8, 4) is 0 Å². The molecule has 0 aliphatic carbocycles. The number of carbonyl (C=O) groups is 1. The van der Waals surface area contributed by atoms with E-state index in [0.29, 0.717) is 6.61 Å². The lowest BCUT2D eigenvalue weighted by atomic mass is 10.1. The predicted molar refractivity (Wildman–Crippen MR) is 85.2 cm³/mol. The van der Waals surface area contributed by atoms with Gasteiger partial charge in [-0.1, -0.05) is 82.2 Å². The first-order valence-electron chi connectivity index (χ1n) is 8.16. The first-order chi connectivity index (χ1) is 10.3. The second-order valence-corrected chi connectivity index (χ2v) is 5.35. The van der Waals surface area contributed by atoms with E-state index < -0.39 is 6.16 Å². The molecule has 0 bridgehead atoms. The summed E-state index contributed by atoms with van der Waals surface area (Å²) in [6.45, 7) is 2.97. The molecule has 3 heteroatoms. The van der Waals surface area contributed by atoms with E-state index in [9.17, 15) is 4.79 Å². The molecular formula is C18H28O3. The van der Waals surface area contributed by atoms with Crippen molar-refractivity contribution in [3.63, 3.8) is 0 Å². The van der Waals surface area contributed by atoms with E-state index in [2.05, 4.69) is 6.92 Å². The molecular weight excluding hydrogens is 264 g/mol. The summed E-state index contributed by atoms with van der Waals surface area (Å²) in [5.41, 5.74) is 0.974. The smallest absolute Gasteiger partial charge is 0.434 e. The highest BCUT2D eigenvalue weighted by Gasteiger charge is 2.03. The summed E-state index contributed by atoms with van der Waals surface area (Å²) < 4.78 is 10.1. The van der Waals surface area contributed by atoms with E-state index in [1.807, 2.05) is 30.3 Å². The Bertz CT molecular complexity index is 362. The molecule has 0 aliphatic rings. The van der Waals surface area contributed by atoms with Gasteiger partial charge in [0.15, 0.2) is 0 Å². The lowest BCUT2D eigenvalue weighted by molar-refractivity contribution is 0.0487. The van der Waals surface area contributed by atoms with E-state index in [1.54, 1.807) is 0 Å². The van der Waals surface area contributed by atoms with Crippen molar-refractivity contribution in [2.75, 3.05) is 6.61 Å². The quantitative estimate of drug-likeness (QED) is 0.400. The maximum Gasteiger partial charge on any atom is 0.508 e. The van der Waals surface area contributed by atoms with Gasteiger partial charge in [0.05, 0.1) is 6.61 Å². The van der Waals surface area contributed by atoms with Crippen molar-refractivity contribution in [1.29, 1.82) is 0 Å². The summed E-state index contributed by atoms with van der Waals surface area (Å²) in [5, 5.41) is 0. The van der Waals surface area contributed by atoms with Crippen LogP contribution in [0.15, 0.2) is 30.3 Å². The monoisotopic (exact) mass is 292 g/mol. The Balaban J connectivity index is 1.89. The predicted octanol–water partition coefficient (Wildman–Crippen LogP) is 5.48. The third-order valence-electron chi connectivity index (χ3n) is 3.42. The van der Waals surface area contributed by atoms with Gasteiger partial charge >= 0.3 is 6.16 Å². The van der Waals surface area contributed by atoms with Gasteiger partial charge in [-0.3, -0.25) is 0 Å². The SMILES string of the molecule is CCCCCCCCCCOC(=O)OCc1ccccc1. The molecule has 118 valence electrons. The van der Waals surface area contributed by atoms with Crippen molar-refractivity contribution in [1.82, 2.24) is 0 Å². The maximum atomic E-state index is 11.4. The minimum atomic E-state index is -0.568. The molecule has 3 nitrogen and oxygen atoms in total. The van der Waals surface area contributed by atoms with Gasteiger partial charge < -0.3 is 9.47 Å². The number of rotatable bonds is 11. The Hall–Kier alpha value is -1.51. The van der Waals surface area contributed by atoms with Gasteiger partial charge in [0, 0.05) is 0 Å². The largest absolute Gasteiger partial charge is 0.508 e. The molecule has 21 heavy (non-hydrogen) atoms. The van der Waals surface area contributed by atoms with E-state index >= 15 is 0 Å². The van der Waals surface area contributed by atoms with Crippen molar-refractivity contribution in [2.45, 2.75) is 64.9 Å². The zero-order valence-corrected chi connectivity index (χ0v) is 13.2. The standard InChI is InChI=1S/C18H28O3/c1-2-3-4-5-6-7-8-12-15-20-18(19)21-16-17-13-10-9-11-14-17/h9-11,13-14H,2-8,12,15-16H2,1H3. The van der Waals surface area contributed by atoms with Crippen molar-refractivity contribution in [2.24, 2.45) is 0 Å². The molecule has 0 saturated carbocycles. The van der Waals surface area contributed by atoms with E-state index in [4.69, 9.17) is 9.47 Å². The average Bonchev–Trinajstić information content (AvgIpc) is 2.52. The van der Waals surface area contributed by atoms with Crippen LogP contribution in [0.3, 0.4) is 0 Å². The second-order valence-electron chi connectivity index (χ2n) is 5.35. The van der Waals surface area contributed by atoms with E-state index in [1.165, 1.54) is 38.5 Å². The van der Waals surface area contributed by atoms with E-state index in [-0.39, 0.29) is 6.61 Å². The molecule has 1 aromatic carbocycles. The maximum absolute atomic E-state index is 11.4. The summed E-state index contributed by atoms with van der Waals surface area (Å²) in [6, 6.07) is 9.62. The minimum Gasteiger partial charge on any atom is -0.434 e. The molecule has 1 rings (SSSR count). The van der Waals surface area contributed by atoms with Crippen LogP contribution in [0.1, 0.15) is 63.9 Å². The van der Waals surface area contributed by atoms with Gasteiger partial charge in [-0.15, -0.1) is 0 Å². The van der Waals surface area contributed by atoms with Gasteiger partial charge in [-0.25, -0.2) is 4.79 Å². The minimum absolute atomic E-state index is 0.275. The first-order valence-corrected chi connectivity index (χ1v) is 8.16. The Kier molecular flexibility index (Phi) is 10.2. The van der Waals surface area contributed by atoms with Crippen molar-refractivity contribution >= 4 is 6.16 Å². The molecule has 0 aromatic heterocycles. The van der Waals surface area contributed by atoms with Gasteiger partial charge in [-0.2, -0.15) is 0 Å². The molecule has 0 fully saturated rings. The van der Waals surface area contributed by atoms with E-state index in [0.717, 1.165) is 18.4 Å². The molecule has 0 saturated heterocycles. The fourth-order valence-corrected chi connectivity index (χ4v) is 2.15. The normalized spacial score (nSPS) is 10.3. The first kappa shape index (κ1) is 17.5. The highest BCUT2D eigenvalue weighted by molar-refractivity contribution is 5.59. The van der Waals surface area contributed by atoms with Gasteiger partial charge in [0.1, 0.15) is 6.61 Å². The summed E-state index contributed by atoms with van der Waals surface area (Å²) >= 11 is 0. The molecule has 0 unspecified atom stereocenters. The highest BCUT2D eigenvalue weighted by atomic mass is 16.7. The van der Waals surface area contributed by atoms with Crippen LogP contribution >= 0.6 is 0 Å². The summed E-state index contributed by atoms with van der Waals surface area (Å²) in [6.07, 6.45) is 9.31. The Morgan fingerprint density at radius 3 is 2.14 bits per heavy atom. The second kappa shape index (κ2) is 12.2. The Morgan fingerprint density at radius 2 is 1.48 bits per heavy atom. The van der Waals surface area contributed by atoms with Crippen LogP contribution in [0.5, 0.6) is 0 Å². The van der Waals surface area contributed by atoms with Gasteiger partial charge in [0.25, 0.3) is 0 Å². The topological polar surface area (TPSA) is 35.5 Å². The highest BCUT2D eigenvalue weighted by Crippen LogP contribution is 2.08. The van der Waals surface area contributed by atoms with Crippen molar-refractivity contribution < 1.29 is 14.3 Å². The van der Waals surface area contributed by atoms with Crippen LogP contribution < -0.4 is 0 Å². The van der Waals surface area contributed by atoms with Crippen molar-refractivity contribution in [3.05, 3.63) is 35.9 Å². The fraction of sp³-hybridized carbons (Fsp3) is 0.611. The van der Waals surface area contributed by atoms with Crippen LogP contribution in [0.4, 0.5) is 4.79 Å².